The van der Waals surface area contributed by atoms with Gasteiger partial charge in [0, 0.05) is 0 Å². The molecule has 0 aromatic heterocycles. The molecule has 2 aliphatic rings. The van der Waals surface area contributed by atoms with Gasteiger partial charge < -0.3 is 0 Å². The SMILES string of the molecule is C1=CC(C2=C(c3ccccc3)C=CC2)=CC1. The molecule has 0 N–H and O–H groups in total. The zero-order chi connectivity index (χ0) is 10.8. The van der Waals surface area contributed by atoms with Crippen molar-refractivity contribution in [3.05, 3.63) is 77.4 Å². The van der Waals surface area contributed by atoms with E-state index in [-0.39, 0.29) is 0 Å². The Labute approximate surface area is 96.3 Å². The molecule has 0 spiro atoms. The van der Waals surface area contributed by atoms with Crippen molar-refractivity contribution < 1.29 is 0 Å². The van der Waals surface area contributed by atoms with Gasteiger partial charge in [-0.25, -0.2) is 0 Å². The van der Waals surface area contributed by atoms with Crippen molar-refractivity contribution >= 4 is 5.57 Å². The molecule has 0 aliphatic heterocycles. The molecule has 78 valence electrons. The summed E-state index contributed by atoms with van der Waals surface area (Å²) in [6.07, 6.45) is 13.4. The monoisotopic (exact) mass is 206 g/mol. The summed E-state index contributed by atoms with van der Waals surface area (Å²) in [5, 5.41) is 0. The maximum absolute atomic E-state index is 2.31. The van der Waals surface area contributed by atoms with Crippen molar-refractivity contribution in [3.63, 3.8) is 0 Å². The van der Waals surface area contributed by atoms with Gasteiger partial charge in [-0.1, -0.05) is 60.7 Å². The Hall–Kier alpha value is -1.82. The molecule has 16 heavy (non-hydrogen) atoms. The van der Waals surface area contributed by atoms with Gasteiger partial charge in [0.1, 0.15) is 0 Å². The summed E-state index contributed by atoms with van der Waals surface area (Å²) in [5.41, 5.74) is 5.59. The van der Waals surface area contributed by atoms with E-state index in [9.17, 15) is 0 Å². The van der Waals surface area contributed by atoms with E-state index in [1.807, 2.05) is 0 Å². The molecule has 0 saturated heterocycles. The summed E-state index contributed by atoms with van der Waals surface area (Å²) < 4.78 is 0. The van der Waals surface area contributed by atoms with Crippen LogP contribution in [0, 0.1) is 0 Å². The average molecular weight is 206 g/mol. The number of hydrogen-bond acceptors (Lipinski definition) is 0. The number of benzene rings is 1. The van der Waals surface area contributed by atoms with Crippen molar-refractivity contribution in [2.45, 2.75) is 12.8 Å². The van der Waals surface area contributed by atoms with E-state index in [2.05, 4.69) is 60.7 Å². The van der Waals surface area contributed by atoms with Crippen LogP contribution in [0.5, 0.6) is 0 Å². The highest BCUT2D eigenvalue weighted by Crippen LogP contribution is 2.34. The fourth-order valence-corrected chi connectivity index (χ4v) is 2.35. The van der Waals surface area contributed by atoms with Crippen LogP contribution in [0.25, 0.3) is 5.57 Å². The largest absolute Gasteiger partial charge is 0.0801 e. The molecule has 2 aliphatic carbocycles. The van der Waals surface area contributed by atoms with Gasteiger partial charge in [0.05, 0.1) is 0 Å². The summed E-state index contributed by atoms with van der Waals surface area (Å²) in [7, 11) is 0. The van der Waals surface area contributed by atoms with Crippen molar-refractivity contribution in [1.82, 2.24) is 0 Å². The van der Waals surface area contributed by atoms with Crippen molar-refractivity contribution in [3.8, 4) is 0 Å². The zero-order valence-electron chi connectivity index (χ0n) is 9.19. The fourth-order valence-electron chi connectivity index (χ4n) is 2.35. The molecule has 0 bridgehead atoms. The average Bonchev–Trinajstić information content (AvgIpc) is 3.01. The smallest absolute Gasteiger partial charge is 0.00821 e. The Balaban J connectivity index is 2.07. The summed E-state index contributed by atoms with van der Waals surface area (Å²) in [4.78, 5) is 0. The van der Waals surface area contributed by atoms with E-state index in [1.54, 1.807) is 0 Å². The normalized spacial score (nSPS) is 18.4. The fraction of sp³-hybridized carbons (Fsp3) is 0.125. The lowest BCUT2D eigenvalue weighted by Gasteiger charge is -2.07. The van der Waals surface area contributed by atoms with E-state index < -0.39 is 0 Å². The molecule has 0 heterocycles. The van der Waals surface area contributed by atoms with Crippen LogP contribution in [-0.4, -0.2) is 0 Å². The summed E-state index contributed by atoms with van der Waals surface area (Å²) in [6.45, 7) is 0. The Bertz CT molecular complexity index is 510. The third-order valence-corrected chi connectivity index (χ3v) is 3.14. The standard InChI is InChI=1S/C16H14/c1-2-7-13(8-3-1)15-11-6-12-16(15)14-9-4-5-10-14/h1-4,6-11H,5,12H2. The van der Waals surface area contributed by atoms with Gasteiger partial charge in [-0.2, -0.15) is 0 Å². The van der Waals surface area contributed by atoms with E-state index in [0.717, 1.165) is 12.8 Å². The van der Waals surface area contributed by atoms with Crippen LogP contribution in [0.4, 0.5) is 0 Å². The first-order chi connectivity index (χ1) is 7.95. The highest BCUT2D eigenvalue weighted by molar-refractivity contribution is 5.83. The highest BCUT2D eigenvalue weighted by Gasteiger charge is 2.14. The second kappa shape index (κ2) is 3.97. The highest BCUT2D eigenvalue weighted by atomic mass is 14.2. The first-order valence-corrected chi connectivity index (χ1v) is 5.77. The number of rotatable bonds is 2. The molecule has 0 saturated carbocycles. The molecule has 1 aromatic carbocycles. The molecular formula is C16H14. The van der Waals surface area contributed by atoms with E-state index in [4.69, 9.17) is 0 Å². The molecule has 0 radical (unpaired) electrons. The Kier molecular flexibility index (Phi) is 2.34. The Morgan fingerprint density at radius 2 is 1.75 bits per heavy atom. The van der Waals surface area contributed by atoms with Gasteiger partial charge in [-0.3, -0.25) is 0 Å². The molecule has 1 aromatic rings. The quantitative estimate of drug-likeness (QED) is 0.677. The van der Waals surface area contributed by atoms with Crippen molar-refractivity contribution in [1.29, 1.82) is 0 Å². The van der Waals surface area contributed by atoms with Gasteiger partial charge in [0.15, 0.2) is 0 Å². The number of hydrogen-bond donors (Lipinski definition) is 0. The van der Waals surface area contributed by atoms with Gasteiger partial charge in [0.2, 0.25) is 0 Å². The first-order valence-electron chi connectivity index (χ1n) is 5.77. The summed E-state index contributed by atoms with van der Waals surface area (Å²) in [6, 6.07) is 10.6. The second-order valence-electron chi connectivity index (χ2n) is 4.16. The van der Waals surface area contributed by atoms with Gasteiger partial charge in [-0.15, -0.1) is 0 Å². The van der Waals surface area contributed by atoms with Gasteiger partial charge in [0.25, 0.3) is 0 Å². The van der Waals surface area contributed by atoms with Crippen LogP contribution in [-0.2, 0) is 0 Å². The zero-order valence-corrected chi connectivity index (χ0v) is 9.19. The van der Waals surface area contributed by atoms with Gasteiger partial charge >= 0.3 is 0 Å². The van der Waals surface area contributed by atoms with E-state index in [0.29, 0.717) is 0 Å². The summed E-state index contributed by atoms with van der Waals surface area (Å²) >= 11 is 0. The molecular weight excluding hydrogens is 192 g/mol. The molecule has 0 atom stereocenters. The van der Waals surface area contributed by atoms with Crippen LogP contribution in [0.2, 0.25) is 0 Å². The topological polar surface area (TPSA) is 0 Å². The minimum Gasteiger partial charge on any atom is -0.0801 e. The maximum Gasteiger partial charge on any atom is -0.00821 e. The van der Waals surface area contributed by atoms with Crippen LogP contribution < -0.4 is 0 Å². The van der Waals surface area contributed by atoms with Crippen LogP contribution in [0.1, 0.15) is 18.4 Å². The molecule has 0 heteroatoms. The molecule has 0 nitrogen and oxygen atoms in total. The number of allylic oxidation sites excluding steroid dienone is 8. The van der Waals surface area contributed by atoms with Crippen molar-refractivity contribution in [2.24, 2.45) is 0 Å². The third kappa shape index (κ3) is 1.57. The van der Waals surface area contributed by atoms with Crippen molar-refractivity contribution in [2.75, 3.05) is 0 Å². The predicted octanol–water partition coefficient (Wildman–Crippen LogP) is 4.29. The van der Waals surface area contributed by atoms with Crippen LogP contribution in [0.15, 0.2) is 71.9 Å². The Morgan fingerprint density at radius 1 is 0.875 bits per heavy atom. The molecule has 3 rings (SSSR count). The minimum absolute atomic E-state index is 1.07. The third-order valence-electron chi connectivity index (χ3n) is 3.14. The van der Waals surface area contributed by atoms with Gasteiger partial charge in [-0.05, 0) is 35.1 Å². The van der Waals surface area contributed by atoms with E-state index in [1.165, 1.54) is 22.3 Å². The second-order valence-corrected chi connectivity index (χ2v) is 4.16. The predicted molar refractivity (Wildman–Crippen MR) is 69.0 cm³/mol. The maximum atomic E-state index is 2.31. The van der Waals surface area contributed by atoms with Crippen LogP contribution >= 0.6 is 0 Å². The van der Waals surface area contributed by atoms with Crippen LogP contribution in [0.3, 0.4) is 0 Å². The molecule has 0 fully saturated rings. The lowest BCUT2D eigenvalue weighted by atomic mass is 9.97. The molecule has 0 amide bonds. The minimum atomic E-state index is 1.07. The first kappa shape index (κ1) is 9.41. The van der Waals surface area contributed by atoms with E-state index >= 15 is 0 Å². The molecule has 0 unspecified atom stereocenters. The Morgan fingerprint density at radius 3 is 2.50 bits per heavy atom. The summed E-state index contributed by atoms with van der Waals surface area (Å²) in [5.74, 6) is 0. The lowest BCUT2D eigenvalue weighted by molar-refractivity contribution is 1.28. The lowest BCUT2D eigenvalue weighted by Crippen LogP contribution is -1.87.